The summed E-state index contributed by atoms with van der Waals surface area (Å²) in [5.74, 6) is 1.10. The van der Waals surface area contributed by atoms with Crippen molar-refractivity contribution < 1.29 is 9.21 Å². The highest BCUT2D eigenvalue weighted by Gasteiger charge is 2.11. The summed E-state index contributed by atoms with van der Waals surface area (Å²) in [4.78, 5) is 25.5. The number of carbonyl (C=O) groups excluding carboxylic acids is 1. The normalized spacial score (nSPS) is 11.3. The molecule has 0 unspecified atom stereocenters. The molecular formula is C20H24N6O2S. The van der Waals surface area contributed by atoms with Crippen molar-refractivity contribution in [2.45, 2.75) is 20.4 Å². The minimum absolute atomic E-state index is 0.110. The number of rotatable bonds is 7. The number of guanidine groups is 1. The Morgan fingerprint density at radius 1 is 1.14 bits per heavy atom. The van der Waals surface area contributed by atoms with E-state index in [9.17, 15) is 4.79 Å². The van der Waals surface area contributed by atoms with Crippen LogP contribution in [0, 0.1) is 13.8 Å². The van der Waals surface area contributed by atoms with Crippen molar-refractivity contribution in [3.8, 4) is 11.5 Å². The summed E-state index contributed by atoms with van der Waals surface area (Å²) in [6.07, 6.45) is 1.63. The Morgan fingerprint density at radius 2 is 1.90 bits per heavy atom. The minimum atomic E-state index is -0.110. The van der Waals surface area contributed by atoms with Crippen molar-refractivity contribution in [1.29, 1.82) is 0 Å². The van der Waals surface area contributed by atoms with E-state index in [0.717, 1.165) is 17.0 Å². The van der Waals surface area contributed by atoms with E-state index in [-0.39, 0.29) is 5.91 Å². The van der Waals surface area contributed by atoms with Gasteiger partial charge >= 0.3 is 0 Å². The van der Waals surface area contributed by atoms with E-state index < -0.39 is 0 Å². The van der Waals surface area contributed by atoms with Crippen LogP contribution in [0.2, 0.25) is 0 Å². The molecule has 9 heteroatoms. The van der Waals surface area contributed by atoms with Crippen LogP contribution >= 0.6 is 11.3 Å². The van der Waals surface area contributed by atoms with E-state index in [0.29, 0.717) is 36.4 Å². The Labute approximate surface area is 173 Å². The van der Waals surface area contributed by atoms with Gasteiger partial charge in [0.2, 0.25) is 5.89 Å². The lowest BCUT2D eigenvalue weighted by atomic mass is 10.1. The fraction of sp³-hybridized carbons (Fsp3) is 0.300. The minimum Gasteiger partial charge on any atom is -0.444 e. The molecule has 29 heavy (non-hydrogen) atoms. The van der Waals surface area contributed by atoms with Crippen molar-refractivity contribution >= 4 is 23.2 Å². The van der Waals surface area contributed by atoms with Crippen molar-refractivity contribution in [3.05, 3.63) is 57.9 Å². The first-order valence-electron chi connectivity index (χ1n) is 9.21. The summed E-state index contributed by atoms with van der Waals surface area (Å²) in [6, 6.07) is 8.03. The van der Waals surface area contributed by atoms with Gasteiger partial charge in [-0.25, -0.2) is 9.97 Å². The third-order valence-corrected chi connectivity index (χ3v) is 5.09. The third kappa shape index (κ3) is 5.64. The number of hydrogen-bond acceptors (Lipinski definition) is 6. The van der Waals surface area contributed by atoms with Crippen molar-refractivity contribution in [1.82, 2.24) is 25.9 Å². The summed E-state index contributed by atoms with van der Waals surface area (Å²) < 4.78 is 5.56. The van der Waals surface area contributed by atoms with Gasteiger partial charge in [0.1, 0.15) is 11.1 Å². The molecule has 0 aliphatic heterocycles. The van der Waals surface area contributed by atoms with E-state index >= 15 is 0 Å². The lowest BCUT2D eigenvalue weighted by Gasteiger charge is -2.11. The van der Waals surface area contributed by atoms with Gasteiger partial charge in [0.05, 0.1) is 23.4 Å². The number of aromatic nitrogens is 2. The molecular weight excluding hydrogens is 388 g/mol. The molecule has 2 aromatic heterocycles. The quantitative estimate of drug-likeness (QED) is 0.313. The molecule has 1 aromatic carbocycles. The number of amides is 1. The first kappa shape index (κ1) is 20.5. The Morgan fingerprint density at radius 3 is 2.59 bits per heavy atom. The number of aryl methyl sites for hydroxylation is 2. The molecule has 0 radical (unpaired) electrons. The summed E-state index contributed by atoms with van der Waals surface area (Å²) in [6.45, 7) is 5.35. The Kier molecular flexibility index (Phi) is 6.96. The molecule has 0 fully saturated rings. The van der Waals surface area contributed by atoms with Crippen LogP contribution in [0.3, 0.4) is 0 Å². The zero-order valence-electron chi connectivity index (χ0n) is 16.7. The molecule has 0 bridgehead atoms. The van der Waals surface area contributed by atoms with E-state index in [1.807, 2.05) is 38.1 Å². The molecule has 2 heterocycles. The molecule has 0 saturated carbocycles. The maximum absolute atomic E-state index is 12.1. The summed E-state index contributed by atoms with van der Waals surface area (Å²) in [5, 5.41) is 9.20. The molecule has 3 rings (SSSR count). The van der Waals surface area contributed by atoms with Gasteiger partial charge in [0, 0.05) is 25.7 Å². The molecule has 8 nitrogen and oxygen atoms in total. The van der Waals surface area contributed by atoms with Crippen LogP contribution in [-0.2, 0) is 6.54 Å². The zero-order chi connectivity index (χ0) is 20.6. The first-order valence-corrected chi connectivity index (χ1v) is 10.1. The fourth-order valence-electron chi connectivity index (χ4n) is 2.57. The SMILES string of the molecule is CN=C(NCCNC(=O)c1scnc1C)NCc1coc(-c2ccc(C)cc2)n1. The predicted octanol–water partition coefficient (Wildman–Crippen LogP) is 2.51. The molecule has 3 N–H and O–H groups in total. The summed E-state index contributed by atoms with van der Waals surface area (Å²) in [5.41, 5.74) is 5.32. The maximum atomic E-state index is 12.1. The van der Waals surface area contributed by atoms with Gasteiger partial charge in [0.25, 0.3) is 5.91 Å². The average molecular weight is 413 g/mol. The number of nitrogens with one attached hydrogen (secondary N) is 3. The average Bonchev–Trinajstić information content (AvgIpc) is 3.37. The second-order valence-electron chi connectivity index (χ2n) is 6.39. The second kappa shape index (κ2) is 9.83. The smallest absolute Gasteiger partial charge is 0.263 e. The molecule has 0 aliphatic rings. The number of hydrogen-bond donors (Lipinski definition) is 3. The molecule has 3 aromatic rings. The number of benzene rings is 1. The Hall–Kier alpha value is -3.20. The zero-order valence-corrected chi connectivity index (χ0v) is 17.5. The van der Waals surface area contributed by atoms with Crippen LogP contribution in [0.4, 0.5) is 0 Å². The number of oxazole rings is 1. The van der Waals surface area contributed by atoms with Crippen LogP contribution in [0.15, 0.2) is 45.4 Å². The van der Waals surface area contributed by atoms with Crippen LogP contribution in [0.5, 0.6) is 0 Å². The lowest BCUT2D eigenvalue weighted by molar-refractivity contribution is 0.0957. The van der Waals surface area contributed by atoms with Crippen LogP contribution < -0.4 is 16.0 Å². The highest BCUT2D eigenvalue weighted by atomic mass is 32.1. The number of carbonyl (C=O) groups is 1. The molecule has 152 valence electrons. The van der Waals surface area contributed by atoms with Crippen LogP contribution in [0.25, 0.3) is 11.5 Å². The van der Waals surface area contributed by atoms with Gasteiger partial charge < -0.3 is 20.4 Å². The summed E-state index contributed by atoms with van der Waals surface area (Å²) in [7, 11) is 1.69. The topological polar surface area (TPSA) is 104 Å². The van der Waals surface area contributed by atoms with E-state index in [1.54, 1.807) is 18.8 Å². The van der Waals surface area contributed by atoms with Gasteiger partial charge in [-0.3, -0.25) is 9.79 Å². The van der Waals surface area contributed by atoms with Gasteiger partial charge in [-0.05, 0) is 26.0 Å². The monoisotopic (exact) mass is 412 g/mol. The van der Waals surface area contributed by atoms with E-state index in [1.165, 1.54) is 16.9 Å². The van der Waals surface area contributed by atoms with Gasteiger partial charge in [0.15, 0.2) is 5.96 Å². The van der Waals surface area contributed by atoms with Gasteiger partial charge in [-0.15, -0.1) is 11.3 Å². The standard InChI is InChI=1S/C20H24N6O2S/c1-13-4-6-15(7-5-13)19-26-16(11-28-19)10-24-20(21-3)23-9-8-22-18(27)17-14(2)25-12-29-17/h4-7,11-12H,8-10H2,1-3H3,(H,22,27)(H2,21,23,24). The molecule has 1 amide bonds. The number of nitrogens with zero attached hydrogens (tertiary/aromatic N) is 3. The Balaban J connectivity index is 1.42. The van der Waals surface area contributed by atoms with Crippen LogP contribution in [0.1, 0.15) is 26.6 Å². The largest absolute Gasteiger partial charge is 0.444 e. The molecule has 0 spiro atoms. The lowest BCUT2D eigenvalue weighted by Crippen LogP contribution is -2.41. The maximum Gasteiger partial charge on any atom is 0.263 e. The van der Waals surface area contributed by atoms with Crippen molar-refractivity contribution in [3.63, 3.8) is 0 Å². The first-order chi connectivity index (χ1) is 14.1. The Bertz CT molecular complexity index is 977. The molecule has 0 aliphatic carbocycles. The number of aliphatic imine (C=N–C) groups is 1. The summed E-state index contributed by atoms with van der Waals surface area (Å²) >= 11 is 1.34. The van der Waals surface area contributed by atoms with E-state index in [4.69, 9.17) is 4.42 Å². The van der Waals surface area contributed by atoms with Gasteiger partial charge in [-0.2, -0.15) is 0 Å². The number of thiazole rings is 1. The highest BCUT2D eigenvalue weighted by Crippen LogP contribution is 2.19. The van der Waals surface area contributed by atoms with E-state index in [2.05, 4.69) is 30.9 Å². The molecule has 0 saturated heterocycles. The predicted molar refractivity (Wildman–Crippen MR) is 114 cm³/mol. The highest BCUT2D eigenvalue weighted by molar-refractivity contribution is 7.11. The fourth-order valence-corrected chi connectivity index (χ4v) is 3.29. The van der Waals surface area contributed by atoms with Crippen molar-refractivity contribution in [2.24, 2.45) is 4.99 Å². The van der Waals surface area contributed by atoms with Crippen molar-refractivity contribution in [2.75, 3.05) is 20.1 Å². The molecule has 0 atom stereocenters. The third-order valence-electron chi connectivity index (χ3n) is 4.17. The van der Waals surface area contributed by atoms with Gasteiger partial charge in [-0.1, -0.05) is 17.7 Å². The second-order valence-corrected chi connectivity index (χ2v) is 7.24. The van der Waals surface area contributed by atoms with Crippen LogP contribution in [-0.4, -0.2) is 42.0 Å².